The Morgan fingerprint density at radius 3 is 2.55 bits per heavy atom. The van der Waals surface area contributed by atoms with Gasteiger partial charge in [0.2, 0.25) is 0 Å². The number of aryl methyl sites for hydroxylation is 1. The molecule has 2 rings (SSSR count). The first-order valence-corrected chi connectivity index (χ1v) is 5.93. The lowest BCUT2D eigenvalue weighted by molar-refractivity contribution is 0.0695. The number of methoxy groups -OCH3 is 1. The van der Waals surface area contributed by atoms with Crippen LogP contribution in [-0.4, -0.2) is 28.2 Å². The smallest absolute Gasteiger partial charge is 0.339 e. The molecule has 0 saturated heterocycles. The van der Waals surface area contributed by atoms with Crippen LogP contribution in [0.1, 0.15) is 21.6 Å². The normalized spacial score (nSPS) is 10.1. The second-order valence-electron chi connectivity index (χ2n) is 4.09. The molecule has 0 aliphatic carbocycles. The lowest BCUT2D eigenvalue weighted by Gasteiger charge is -2.07. The van der Waals surface area contributed by atoms with Gasteiger partial charge in [-0.2, -0.15) is 4.98 Å². The third-order valence-electron chi connectivity index (χ3n) is 2.71. The maximum atomic E-state index is 10.8. The van der Waals surface area contributed by atoms with E-state index in [1.54, 1.807) is 14.0 Å². The number of hydrogen-bond donors (Lipinski definition) is 1. The van der Waals surface area contributed by atoms with Crippen LogP contribution in [-0.2, 0) is 6.61 Å². The van der Waals surface area contributed by atoms with Crippen molar-refractivity contribution in [1.82, 2.24) is 9.97 Å². The minimum Gasteiger partial charge on any atom is -0.497 e. The summed E-state index contributed by atoms with van der Waals surface area (Å²) in [5.41, 5.74) is 1.38. The van der Waals surface area contributed by atoms with Gasteiger partial charge in [-0.1, -0.05) is 12.1 Å². The zero-order valence-electron chi connectivity index (χ0n) is 11.2. The van der Waals surface area contributed by atoms with Crippen molar-refractivity contribution < 1.29 is 19.4 Å². The molecule has 6 nitrogen and oxygen atoms in total. The molecule has 0 radical (unpaired) electrons. The first kappa shape index (κ1) is 13.8. The maximum absolute atomic E-state index is 10.8. The van der Waals surface area contributed by atoms with Gasteiger partial charge in [0.15, 0.2) is 0 Å². The number of aromatic carboxylic acids is 1. The summed E-state index contributed by atoms with van der Waals surface area (Å²) in [6, 6.07) is 7.56. The fraction of sp³-hybridized carbons (Fsp3) is 0.214. The molecule has 0 aliphatic heterocycles. The van der Waals surface area contributed by atoms with Crippen LogP contribution in [0.3, 0.4) is 0 Å². The van der Waals surface area contributed by atoms with Gasteiger partial charge in [0, 0.05) is 6.20 Å². The number of nitrogens with zero attached hydrogens (tertiary/aromatic N) is 2. The molecule has 20 heavy (non-hydrogen) atoms. The average molecular weight is 274 g/mol. The zero-order valence-corrected chi connectivity index (χ0v) is 11.2. The lowest BCUT2D eigenvalue weighted by Crippen LogP contribution is -2.06. The molecule has 1 N–H and O–H groups in total. The Morgan fingerprint density at radius 2 is 2.00 bits per heavy atom. The van der Waals surface area contributed by atoms with Gasteiger partial charge in [0.25, 0.3) is 0 Å². The van der Waals surface area contributed by atoms with Crippen LogP contribution in [0.25, 0.3) is 0 Å². The molecule has 0 atom stereocenters. The summed E-state index contributed by atoms with van der Waals surface area (Å²) in [5, 5.41) is 8.88. The summed E-state index contributed by atoms with van der Waals surface area (Å²) in [6.45, 7) is 1.90. The highest BCUT2D eigenvalue weighted by Crippen LogP contribution is 2.14. The zero-order chi connectivity index (χ0) is 14.5. The van der Waals surface area contributed by atoms with E-state index < -0.39 is 5.97 Å². The van der Waals surface area contributed by atoms with Crippen LogP contribution in [0.4, 0.5) is 0 Å². The Balaban J connectivity index is 2.03. The van der Waals surface area contributed by atoms with Crippen molar-refractivity contribution in [3.63, 3.8) is 0 Å². The topological polar surface area (TPSA) is 81.5 Å². The molecule has 0 spiro atoms. The number of carbonyl (C=O) groups is 1. The van der Waals surface area contributed by atoms with Crippen LogP contribution in [0, 0.1) is 6.92 Å². The highest BCUT2D eigenvalue weighted by Gasteiger charge is 2.10. The lowest BCUT2D eigenvalue weighted by atomic mass is 10.2. The van der Waals surface area contributed by atoms with Crippen molar-refractivity contribution in [2.45, 2.75) is 13.5 Å². The standard InChI is InChI=1S/C14H14N2O4/c1-9-12(13(17)18)7-15-14(16-9)20-8-10-3-5-11(19-2)6-4-10/h3-7H,8H2,1-2H3,(H,17,18). The molecule has 0 aliphatic rings. The highest BCUT2D eigenvalue weighted by atomic mass is 16.5. The maximum Gasteiger partial charge on any atom is 0.339 e. The predicted molar refractivity (Wildman–Crippen MR) is 71.1 cm³/mol. The molecular weight excluding hydrogens is 260 g/mol. The number of aromatic nitrogens is 2. The van der Waals surface area contributed by atoms with E-state index in [0.717, 1.165) is 11.3 Å². The summed E-state index contributed by atoms with van der Waals surface area (Å²) < 4.78 is 10.5. The van der Waals surface area contributed by atoms with Gasteiger partial charge in [-0.3, -0.25) is 0 Å². The van der Waals surface area contributed by atoms with Crippen LogP contribution >= 0.6 is 0 Å². The molecule has 0 saturated carbocycles. The van der Waals surface area contributed by atoms with Crippen molar-refractivity contribution in [2.75, 3.05) is 7.11 Å². The Hall–Kier alpha value is -2.63. The summed E-state index contributed by atoms with van der Waals surface area (Å²) >= 11 is 0. The van der Waals surface area contributed by atoms with Gasteiger partial charge >= 0.3 is 12.0 Å². The van der Waals surface area contributed by atoms with E-state index in [2.05, 4.69) is 9.97 Å². The van der Waals surface area contributed by atoms with E-state index in [9.17, 15) is 4.79 Å². The molecule has 0 amide bonds. The summed E-state index contributed by atoms with van der Waals surface area (Å²) in [7, 11) is 1.60. The van der Waals surface area contributed by atoms with Gasteiger partial charge in [0.1, 0.15) is 12.4 Å². The number of rotatable bonds is 5. The third-order valence-corrected chi connectivity index (χ3v) is 2.71. The highest BCUT2D eigenvalue weighted by molar-refractivity contribution is 5.88. The molecule has 0 fully saturated rings. The van der Waals surface area contributed by atoms with E-state index in [-0.39, 0.29) is 11.6 Å². The van der Waals surface area contributed by atoms with Crippen molar-refractivity contribution >= 4 is 5.97 Å². The summed E-state index contributed by atoms with van der Waals surface area (Å²) in [6.07, 6.45) is 1.24. The van der Waals surface area contributed by atoms with Gasteiger partial charge in [0.05, 0.1) is 18.4 Å². The van der Waals surface area contributed by atoms with Crippen LogP contribution in [0.2, 0.25) is 0 Å². The fourth-order valence-electron chi connectivity index (χ4n) is 1.59. The van der Waals surface area contributed by atoms with E-state index in [1.165, 1.54) is 6.20 Å². The molecule has 0 bridgehead atoms. The van der Waals surface area contributed by atoms with Crippen LogP contribution < -0.4 is 9.47 Å². The minimum atomic E-state index is -1.05. The molecule has 6 heteroatoms. The largest absolute Gasteiger partial charge is 0.497 e. The minimum absolute atomic E-state index is 0.0711. The molecule has 1 aromatic carbocycles. The van der Waals surface area contributed by atoms with Crippen molar-refractivity contribution in [2.24, 2.45) is 0 Å². The van der Waals surface area contributed by atoms with Gasteiger partial charge in [-0.15, -0.1) is 0 Å². The van der Waals surface area contributed by atoms with Crippen molar-refractivity contribution in [1.29, 1.82) is 0 Å². The monoisotopic (exact) mass is 274 g/mol. The van der Waals surface area contributed by atoms with Gasteiger partial charge in [-0.05, 0) is 24.6 Å². The van der Waals surface area contributed by atoms with Gasteiger partial charge < -0.3 is 14.6 Å². The predicted octanol–water partition coefficient (Wildman–Crippen LogP) is 2.07. The number of carboxylic acids is 1. The van der Waals surface area contributed by atoms with Crippen LogP contribution in [0.15, 0.2) is 30.5 Å². The molecular formula is C14H14N2O4. The number of benzene rings is 1. The second kappa shape index (κ2) is 6.01. The molecule has 1 aromatic heterocycles. The van der Waals surface area contributed by atoms with E-state index in [1.807, 2.05) is 24.3 Å². The second-order valence-corrected chi connectivity index (χ2v) is 4.09. The fourth-order valence-corrected chi connectivity index (χ4v) is 1.59. The van der Waals surface area contributed by atoms with E-state index in [4.69, 9.17) is 14.6 Å². The Bertz CT molecular complexity index is 611. The summed E-state index contributed by atoms with van der Waals surface area (Å²) in [4.78, 5) is 18.7. The first-order valence-electron chi connectivity index (χ1n) is 5.93. The molecule has 1 heterocycles. The number of carboxylic acid groups (broad SMARTS) is 1. The Morgan fingerprint density at radius 1 is 1.30 bits per heavy atom. The SMILES string of the molecule is COc1ccc(COc2ncc(C(=O)O)c(C)n2)cc1. The third kappa shape index (κ3) is 3.23. The molecule has 104 valence electrons. The molecule has 2 aromatic rings. The van der Waals surface area contributed by atoms with Crippen LogP contribution in [0.5, 0.6) is 11.8 Å². The van der Waals surface area contributed by atoms with E-state index >= 15 is 0 Å². The molecule has 0 unspecified atom stereocenters. The quantitative estimate of drug-likeness (QED) is 0.898. The Kier molecular flexibility index (Phi) is 4.14. The summed E-state index contributed by atoms with van der Waals surface area (Å²) in [5.74, 6) is -0.282. The van der Waals surface area contributed by atoms with Crippen molar-refractivity contribution in [3.8, 4) is 11.8 Å². The number of ether oxygens (including phenoxy) is 2. The van der Waals surface area contributed by atoms with Gasteiger partial charge in [-0.25, -0.2) is 9.78 Å². The Labute approximate surface area is 116 Å². The van der Waals surface area contributed by atoms with E-state index in [0.29, 0.717) is 12.3 Å². The van der Waals surface area contributed by atoms with Crippen molar-refractivity contribution in [3.05, 3.63) is 47.3 Å². The average Bonchev–Trinajstić information content (AvgIpc) is 2.45. The first-order chi connectivity index (χ1) is 9.60. The number of hydrogen-bond acceptors (Lipinski definition) is 5.